The quantitative estimate of drug-likeness (QED) is 0.427. The number of carbonyl (C=O) groups is 1. The van der Waals surface area contributed by atoms with E-state index < -0.39 is 8.32 Å². The van der Waals surface area contributed by atoms with Crippen LogP contribution in [-0.2, 0) is 15.8 Å². The first-order valence-electron chi connectivity index (χ1n) is 11.3. The number of ether oxygens (including phenoxy) is 1. The summed E-state index contributed by atoms with van der Waals surface area (Å²) in [5, 5.41) is 9.91. The maximum Gasteiger partial charge on any atom is 0.410 e. The molecule has 5 nitrogen and oxygen atoms in total. The van der Waals surface area contributed by atoms with Gasteiger partial charge in [0.25, 0.3) is 0 Å². The van der Waals surface area contributed by atoms with Gasteiger partial charge in [-0.05, 0) is 62.2 Å². The maximum absolute atomic E-state index is 12.9. The summed E-state index contributed by atoms with van der Waals surface area (Å²) in [4.78, 5) is 14.8. The summed E-state index contributed by atoms with van der Waals surface area (Å²) in [7, 11) is -1.76. The van der Waals surface area contributed by atoms with E-state index in [4.69, 9.17) is 9.16 Å². The van der Waals surface area contributed by atoms with Gasteiger partial charge in [0, 0.05) is 25.3 Å². The molecule has 1 aliphatic heterocycles. The van der Waals surface area contributed by atoms with Gasteiger partial charge in [-0.2, -0.15) is 0 Å². The lowest BCUT2D eigenvalue weighted by Gasteiger charge is -2.43. The molecular formula is C24H41NO4Si. The number of likely N-dealkylation sites (tertiary alicyclic amines) is 1. The molecule has 1 aliphatic rings. The number of aliphatic hydroxyl groups excluding tert-OH is 1. The van der Waals surface area contributed by atoms with Crippen LogP contribution in [0.5, 0.6) is 0 Å². The normalized spacial score (nSPS) is 22.8. The van der Waals surface area contributed by atoms with E-state index in [0.29, 0.717) is 0 Å². The largest absolute Gasteiger partial charge is 0.445 e. The Morgan fingerprint density at radius 2 is 1.87 bits per heavy atom. The Labute approximate surface area is 183 Å². The molecule has 1 saturated heterocycles. The van der Waals surface area contributed by atoms with Gasteiger partial charge in [-0.1, -0.05) is 51.1 Å². The van der Waals surface area contributed by atoms with Crippen molar-refractivity contribution in [2.24, 2.45) is 5.92 Å². The number of nitrogens with zero attached hydrogens (tertiary/aromatic N) is 1. The fraction of sp³-hybridized carbons (Fsp3) is 0.708. The first-order valence-corrected chi connectivity index (χ1v) is 14.2. The summed E-state index contributed by atoms with van der Waals surface area (Å²) in [5.41, 5.74) is 0.989. The fourth-order valence-corrected chi connectivity index (χ4v) is 5.03. The molecule has 1 aromatic rings. The molecule has 1 heterocycles. The molecule has 1 fully saturated rings. The molecule has 0 aromatic heterocycles. The molecule has 0 unspecified atom stereocenters. The number of benzene rings is 1. The van der Waals surface area contributed by atoms with Crippen LogP contribution in [0.3, 0.4) is 0 Å². The molecule has 0 radical (unpaired) electrons. The number of amides is 1. The van der Waals surface area contributed by atoms with Crippen LogP contribution in [0.25, 0.3) is 0 Å². The maximum atomic E-state index is 12.9. The first-order chi connectivity index (χ1) is 14.0. The van der Waals surface area contributed by atoms with Crippen LogP contribution >= 0.6 is 0 Å². The first kappa shape index (κ1) is 24.9. The molecule has 1 N–H and O–H groups in total. The minimum atomic E-state index is -1.76. The van der Waals surface area contributed by atoms with E-state index in [-0.39, 0.29) is 42.3 Å². The van der Waals surface area contributed by atoms with E-state index >= 15 is 0 Å². The van der Waals surface area contributed by atoms with Gasteiger partial charge in [-0.25, -0.2) is 4.79 Å². The van der Waals surface area contributed by atoms with Crippen molar-refractivity contribution < 1.29 is 19.1 Å². The van der Waals surface area contributed by atoms with Gasteiger partial charge in [0.1, 0.15) is 6.61 Å². The summed E-state index contributed by atoms with van der Waals surface area (Å²) in [6.07, 6.45) is 3.16. The predicted molar refractivity (Wildman–Crippen MR) is 124 cm³/mol. The molecule has 1 aromatic carbocycles. The SMILES string of the molecule is C[C@@H]1C[C@H](CO)C[C@@H](CCCO[Si](C)(C)C(C)(C)C)N1C(=O)OCc1ccccc1. The van der Waals surface area contributed by atoms with Crippen LogP contribution in [0.2, 0.25) is 18.1 Å². The van der Waals surface area contributed by atoms with E-state index in [0.717, 1.165) is 37.9 Å². The number of hydrogen-bond donors (Lipinski definition) is 1. The molecule has 0 saturated carbocycles. The zero-order valence-electron chi connectivity index (χ0n) is 19.7. The van der Waals surface area contributed by atoms with Crippen molar-refractivity contribution in [2.45, 2.75) is 90.2 Å². The predicted octanol–water partition coefficient (Wildman–Crippen LogP) is 5.59. The van der Waals surface area contributed by atoms with Crippen LogP contribution in [0, 0.1) is 5.92 Å². The highest BCUT2D eigenvalue weighted by Crippen LogP contribution is 2.37. The minimum absolute atomic E-state index is 0.0606. The topological polar surface area (TPSA) is 59.0 Å². The standard InChI is InChI=1S/C24H41NO4Si/c1-19-15-21(17-26)16-22(13-10-14-29-30(5,6)24(2,3)4)25(19)23(27)28-18-20-11-8-7-9-12-20/h7-9,11-12,19,21-22,26H,10,13-18H2,1-6H3/t19-,21+,22-/m1/s1. The number of aliphatic hydroxyl groups is 1. The van der Waals surface area contributed by atoms with Crippen LogP contribution in [0.15, 0.2) is 30.3 Å². The Bertz CT molecular complexity index is 659. The van der Waals surface area contributed by atoms with Crippen LogP contribution in [0.4, 0.5) is 4.79 Å². The van der Waals surface area contributed by atoms with Crippen molar-refractivity contribution >= 4 is 14.4 Å². The van der Waals surface area contributed by atoms with E-state index in [1.54, 1.807) is 0 Å². The number of carbonyl (C=O) groups excluding carboxylic acids is 1. The molecule has 170 valence electrons. The van der Waals surface area contributed by atoms with Crippen LogP contribution < -0.4 is 0 Å². The molecule has 0 aliphatic carbocycles. The van der Waals surface area contributed by atoms with Gasteiger partial charge in [0.2, 0.25) is 0 Å². The summed E-state index contributed by atoms with van der Waals surface area (Å²) in [6.45, 7) is 14.5. The monoisotopic (exact) mass is 435 g/mol. The second-order valence-electron chi connectivity index (χ2n) is 10.2. The van der Waals surface area contributed by atoms with E-state index in [1.165, 1.54) is 0 Å². The van der Waals surface area contributed by atoms with E-state index in [1.807, 2.05) is 35.2 Å². The molecule has 3 atom stereocenters. The van der Waals surface area contributed by atoms with Crippen molar-refractivity contribution in [3.63, 3.8) is 0 Å². The highest BCUT2D eigenvalue weighted by Gasteiger charge is 2.38. The Kier molecular flexibility index (Phi) is 8.94. The van der Waals surface area contributed by atoms with Gasteiger partial charge in [0.15, 0.2) is 8.32 Å². The Hall–Kier alpha value is -1.37. The Morgan fingerprint density at radius 1 is 1.20 bits per heavy atom. The van der Waals surface area contributed by atoms with Crippen LogP contribution in [-0.4, -0.2) is 49.7 Å². The van der Waals surface area contributed by atoms with Gasteiger partial charge >= 0.3 is 6.09 Å². The molecule has 6 heteroatoms. The lowest BCUT2D eigenvalue weighted by Crippen LogP contribution is -2.52. The van der Waals surface area contributed by atoms with Gasteiger partial charge < -0.3 is 19.2 Å². The van der Waals surface area contributed by atoms with Crippen LogP contribution in [0.1, 0.15) is 58.9 Å². The number of piperidine rings is 1. The smallest absolute Gasteiger partial charge is 0.410 e. The second kappa shape index (κ2) is 10.8. The van der Waals surface area contributed by atoms with Crippen molar-refractivity contribution in [3.05, 3.63) is 35.9 Å². The summed E-state index contributed by atoms with van der Waals surface area (Å²) >= 11 is 0. The summed E-state index contributed by atoms with van der Waals surface area (Å²) in [5.74, 6) is 0.240. The summed E-state index contributed by atoms with van der Waals surface area (Å²) in [6, 6.07) is 9.92. The Balaban J connectivity index is 1.95. The van der Waals surface area contributed by atoms with E-state index in [9.17, 15) is 9.90 Å². The fourth-order valence-electron chi connectivity index (χ4n) is 3.94. The molecule has 2 rings (SSSR count). The second-order valence-corrected chi connectivity index (χ2v) is 15.0. The third kappa shape index (κ3) is 6.82. The van der Waals surface area contributed by atoms with Gasteiger partial charge in [0.05, 0.1) is 0 Å². The number of hydrogen-bond acceptors (Lipinski definition) is 4. The van der Waals surface area contributed by atoms with Crippen molar-refractivity contribution in [3.8, 4) is 0 Å². The summed E-state index contributed by atoms with van der Waals surface area (Å²) < 4.78 is 12.0. The van der Waals surface area contributed by atoms with Gasteiger partial charge in [-0.15, -0.1) is 0 Å². The van der Waals surface area contributed by atoms with E-state index in [2.05, 4.69) is 40.8 Å². The molecule has 0 bridgehead atoms. The van der Waals surface area contributed by atoms with Crippen molar-refractivity contribution in [1.29, 1.82) is 0 Å². The average Bonchev–Trinajstić information content (AvgIpc) is 2.69. The molecule has 1 amide bonds. The van der Waals surface area contributed by atoms with Crippen molar-refractivity contribution in [2.75, 3.05) is 13.2 Å². The zero-order valence-corrected chi connectivity index (χ0v) is 20.7. The van der Waals surface area contributed by atoms with Gasteiger partial charge in [-0.3, -0.25) is 0 Å². The lowest BCUT2D eigenvalue weighted by molar-refractivity contribution is 0.0168. The molecule has 0 spiro atoms. The molecule has 30 heavy (non-hydrogen) atoms. The minimum Gasteiger partial charge on any atom is -0.445 e. The number of rotatable bonds is 8. The lowest BCUT2D eigenvalue weighted by atomic mass is 9.85. The third-order valence-corrected chi connectivity index (χ3v) is 11.3. The zero-order chi connectivity index (χ0) is 22.4. The highest BCUT2D eigenvalue weighted by atomic mass is 28.4. The Morgan fingerprint density at radius 3 is 2.47 bits per heavy atom. The van der Waals surface area contributed by atoms with Crippen molar-refractivity contribution in [1.82, 2.24) is 4.90 Å². The average molecular weight is 436 g/mol. The molecular weight excluding hydrogens is 394 g/mol. The third-order valence-electron chi connectivity index (χ3n) is 6.77. The highest BCUT2D eigenvalue weighted by molar-refractivity contribution is 6.74.